The van der Waals surface area contributed by atoms with Crippen LogP contribution >= 0.6 is 0 Å². The summed E-state index contributed by atoms with van der Waals surface area (Å²) in [6.45, 7) is 8.49. The van der Waals surface area contributed by atoms with Gasteiger partial charge in [0.2, 0.25) is 0 Å². The fourth-order valence-electron chi connectivity index (χ4n) is 3.88. The quantitative estimate of drug-likeness (QED) is 0.133. The minimum atomic E-state index is -0.657. The molecule has 0 aromatic heterocycles. The van der Waals surface area contributed by atoms with E-state index in [0.717, 1.165) is 25.7 Å². The van der Waals surface area contributed by atoms with Crippen molar-refractivity contribution in [2.75, 3.05) is 0 Å². The van der Waals surface area contributed by atoms with Gasteiger partial charge in [-0.2, -0.15) is 0 Å². The van der Waals surface area contributed by atoms with Gasteiger partial charge in [-0.25, -0.2) is 0 Å². The Balaban J connectivity index is -0.000000526. The SMILES string of the molecule is CC.CCCCCCCCCCCCCC(=O)O.CCCCCCCCCCCCCC(=O)O. The molecule has 206 valence electrons. The minimum absolute atomic E-state index is 0.344. The van der Waals surface area contributed by atoms with Crippen LogP contribution in [0, 0.1) is 0 Å². The van der Waals surface area contributed by atoms with E-state index in [-0.39, 0.29) is 0 Å². The zero-order chi connectivity index (χ0) is 26.1. The number of aliphatic carboxylic acids is 2. The van der Waals surface area contributed by atoms with Crippen molar-refractivity contribution in [3.8, 4) is 0 Å². The van der Waals surface area contributed by atoms with Crippen molar-refractivity contribution in [1.82, 2.24) is 0 Å². The molecule has 0 fully saturated rings. The van der Waals surface area contributed by atoms with E-state index >= 15 is 0 Å². The highest BCUT2D eigenvalue weighted by Crippen LogP contribution is 2.12. The number of hydrogen-bond acceptors (Lipinski definition) is 2. The second kappa shape index (κ2) is 36.5. The second-order valence-corrected chi connectivity index (χ2v) is 9.36. The summed E-state index contributed by atoms with van der Waals surface area (Å²) in [5.74, 6) is -1.31. The number of carboxylic acids is 2. The minimum Gasteiger partial charge on any atom is -0.481 e. The van der Waals surface area contributed by atoms with Crippen molar-refractivity contribution in [3.63, 3.8) is 0 Å². The van der Waals surface area contributed by atoms with Crippen molar-refractivity contribution in [2.24, 2.45) is 0 Å². The summed E-state index contributed by atoms with van der Waals surface area (Å²) >= 11 is 0. The van der Waals surface area contributed by atoms with Crippen molar-refractivity contribution < 1.29 is 19.8 Å². The monoisotopic (exact) mass is 486 g/mol. The molecule has 0 heterocycles. The zero-order valence-corrected chi connectivity index (χ0v) is 23.7. The lowest BCUT2D eigenvalue weighted by atomic mass is 10.1. The summed E-state index contributed by atoms with van der Waals surface area (Å²) in [4.78, 5) is 20.5. The van der Waals surface area contributed by atoms with Crippen LogP contribution in [0.1, 0.15) is 182 Å². The van der Waals surface area contributed by atoms with E-state index in [4.69, 9.17) is 10.2 Å². The third kappa shape index (κ3) is 44.6. The number of unbranched alkanes of at least 4 members (excludes halogenated alkanes) is 20. The lowest BCUT2D eigenvalue weighted by molar-refractivity contribution is -0.138. The molecule has 0 aliphatic carbocycles. The first-order valence-electron chi connectivity index (χ1n) is 15.0. The number of rotatable bonds is 24. The van der Waals surface area contributed by atoms with Crippen molar-refractivity contribution >= 4 is 11.9 Å². The Morgan fingerprint density at radius 1 is 0.382 bits per heavy atom. The smallest absolute Gasteiger partial charge is 0.303 e. The molecule has 0 radical (unpaired) electrons. The molecule has 0 rings (SSSR count). The van der Waals surface area contributed by atoms with E-state index in [9.17, 15) is 9.59 Å². The lowest BCUT2D eigenvalue weighted by Crippen LogP contribution is -1.93. The number of hydrogen-bond donors (Lipinski definition) is 2. The Labute approximate surface area is 213 Å². The van der Waals surface area contributed by atoms with Gasteiger partial charge < -0.3 is 10.2 Å². The van der Waals surface area contributed by atoms with E-state index in [0.29, 0.717) is 12.8 Å². The average molecular weight is 487 g/mol. The van der Waals surface area contributed by atoms with Crippen LogP contribution < -0.4 is 0 Å². The van der Waals surface area contributed by atoms with Gasteiger partial charge in [-0.3, -0.25) is 9.59 Å². The van der Waals surface area contributed by atoms with E-state index < -0.39 is 11.9 Å². The standard InChI is InChI=1S/2C14H28O2.C2H6/c2*1-2-3-4-5-6-7-8-9-10-11-12-13-14(15)16;1-2/h2*2-13H2,1H3,(H,15,16);1-2H3. The lowest BCUT2D eigenvalue weighted by Gasteiger charge is -2.01. The summed E-state index contributed by atoms with van der Waals surface area (Å²) in [6.07, 6.45) is 28.7. The first kappa shape index (κ1) is 37.5. The summed E-state index contributed by atoms with van der Waals surface area (Å²) < 4.78 is 0. The fourth-order valence-corrected chi connectivity index (χ4v) is 3.88. The van der Waals surface area contributed by atoms with Crippen LogP contribution in [0.3, 0.4) is 0 Å². The molecule has 0 aromatic rings. The predicted octanol–water partition coefficient (Wildman–Crippen LogP) is 10.6. The Bertz CT molecular complexity index is 346. The maximum atomic E-state index is 10.3. The van der Waals surface area contributed by atoms with Crippen LogP contribution in [-0.4, -0.2) is 22.2 Å². The molecule has 2 N–H and O–H groups in total. The summed E-state index contributed by atoms with van der Waals surface area (Å²) in [7, 11) is 0. The highest BCUT2D eigenvalue weighted by Gasteiger charge is 1.97. The molecule has 0 aromatic carbocycles. The molecular weight excluding hydrogens is 424 g/mol. The normalized spacial score (nSPS) is 10.1. The van der Waals surface area contributed by atoms with E-state index in [2.05, 4.69) is 13.8 Å². The molecule has 0 spiro atoms. The molecule has 0 saturated carbocycles. The second-order valence-electron chi connectivity index (χ2n) is 9.36. The molecule has 0 amide bonds. The average Bonchev–Trinajstić information content (AvgIpc) is 2.82. The van der Waals surface area contributed by atoms with Crippen molar-refractivity contribution in [2.45, 2.75) is 182 Å². The van der Waals surface area contributed by atoms with Crippen molar-refractivity contribution in [3.05, 3.63) is 0 Å². The molecule has 0 aliphatic heterocycles. The molecule has 4 nitrogen and oxygen atoms in total. The molecule has 0 unspecified atom stereocenters. The van der Waals surface area contributed by atoms with Gasteiger partial charge in [-0.05, 0) is 12.8 Å². The number of carboxylic acid groups (broad SMARTS) is 2. The third-order valence-corrected chi connectivity index (χ3v) is 5.99. The van der Waals surface area contributed by atoms with Gasteiger partial charge in [-0.15, -0.1) is 0 Å². The first-order valence-corrected chi connectivity index (χ1v) is 15.0. The van der Waals surface area contributed by atoms with Gasteiger partial charge in [0.05, 0.1) is 0 Å². The van der Waals surface area contributed by atoms with E-state index in [1.54, 1.807) is 0 Å². The van der Waals surface area contributed by atoms with Gasteiger partial charge in [0.25, 0.3) is 0 Å². The van der Waals surface area contributed by atoms with Gasteiger partial charge >= 0.3 is 11.9 Å². The molecule has 0 saturated heterocycles. The van der Waals surface area contributed by atoms with Crippen LogP contribution in [0.15, 0.2) is 0 Å². The van der Waals surface area contributed by atoms with Crippen LogP contribution in [0.25, 0.3) is 0 Å². The maximum absolute atomic E-state index is 10.3. The summed E-state index contributed by atoms with van der Waals surface area (Å²) in [6, 6.07) is 0. The van der Waals surface area contributed by atoms with Gasteiger partial charge in [0, 0.05) is 12.8 Å². The Hall–Kier alpha value is -1.06. The van der Waals surface area contributed by atoms with Gasteiger partial charge in [0.15, 0.2) is 0 Å². The molecule has 0 bridgehead atoms. The molecule has 0 atom stereocenters. The highest BCUT2D eigenvalue weighted by molar-refractivity contribution is 5.66. The largest absolute Gasteiger partial charge is 0.481 e. The van der Waals surface area contributed by atoms with E-state index in [1.165, 1.54) is 116 Å². The van der Waals surface area contributed by atoms with Crippen LogP contribution in [0.2, 0.25) is 0 Å². The maximum Gasteiger partial charge on any atom is 0.303 e. The summed E-state index contributed by atoms with van der Waals surface area (Å²) in [5.41, 5.74) is 0. The fraction of sp³-hybridized carbons (Fsp3) is 0.933. The predicted molar refractivity (Wildman–Crippen MR) is 149 cm³/mol. The zero-order valence-electron chi connectivity index (χ0n) is 23.7. The van der Waals surface area contributed by atoms with Gasteiger partial charge in [0.1, 0.15) is 0 Å². The highest BCUT2D eigenvalue weighted by atomic mass is 16.4. The number of carbonyl (C=O) groups is 2. The molecule has 34 heavy (non-hydrogen) atoms. The van der Waals surface area contributed by atoms with Gasteiger partial charge in [-0.1, -0.05) is 156 Å². The van der Waals surface area contributed by atoms with Crippen LogP contribution in [0.5, 0.6) is 0 Å². The van der Waals surface area contributed by atoms with Crippen LogP contribution in [0.4, 0.5) is 0 Å². The molecule has 4 heteroatoms. The summed E-state index contributed by atoms with van der Waals surface area (Å²) in [5, 5.41) is 16.9. The third-order valence-electron chi connectivity index (χ3n) is 5.99. The molecular formula is C30H62O4. The first-order chi connectivity index (χ1) is 16.5. The Kier molecular flexibility index (Phi) is 40.3. The Morgan fingerprint density at radius 2 is 0.559 bits per heavy atom. The van der Waals surface area contributed by atoms with E-state index in [1.807, 2.05) is 13.8 Å². The Morgan fingerprint density at radius 3 is 0.735 bits per heavy atom. The topological polar surface area (TPSA) is 74.6 Å². The molecule has 0 aliphatic rings. The van der Waals surface area contributed by atoms with Crippen molar-refractivity contribution in [1.29, 1.82) is 0 Å². The van der Waals surface area contributed by atoms with Crippen LogP contribution in [-0.2, 0) is 9.59 Å².